The Hall–Kier alpha value is -0.530. The molecule has 0 amide bonds. The molecule has 0 heterocycles. The number of hydrogen-bond donors (Lipinski definition) is 1. The summed E-state index contributed by atoms with van der Waals surface area (Å²) in [5.74, 6) is -0.902. The molecule has 4 nitrogen and oxygen atoms in total. The number of benzene rings is 1. The van der Waals surface area contributed by atoms with E-state index in [0.717, 1.165) is 6.26 Å². The van der Waals surface area contributed by atoms with E-state index in [1.807, 2.05) is 0 Å². The smallest absolute Gasteiger partial charge is 0.303 e. The van der Waals surface area contributed by atoms with Gasteiger partial charge in [0.1, 0.15) is 0 Å². The average Bonchev–Trinajstić information content (AvgIpc) is 2.24. The van der Waals surface area contributed by atoms with Crippen LogP contribution in [0.15, 0.2) is 26.4 Å². The molecule has 100 valence electrons. The molecular weight excluding hydrogens is 340 g/mol. The molecule has 0 aliphatic rings. The normalized spacial score (nSPS) is 11.5. The van der Waals surface area contributed by atoms with Gasteiger partial charge >= 0.3 is 5.97 Å². The first-order valence-electron chi connectivity index (χ1n) is 5.04. The molecule has 1 aromatic rings. The Morgan fingerprint density at radius 1 is 1.44 bits per heavy atom. The number of carbonyl (C=O) groups is 1. The van der Waals surface area contributed by atoms with Gasteiger partial charge in [0.15, 0.2) is 9.84 Å². The summed E-state index contributed by atoms with van der Waals surface area (Å²) in [5.41, 5.74) is 0.697. The third-order valence-corrected chi connectivity index (χ3v) is 5.29. The van der Waals surface area contributed by atoms with Crippen LogP contribution >= 0.6 is 27.7 Å². The summed E-state index contributed by atoms with van der Waals surface area (Å²) < 4.78 is 24.1. The van der Waals surface area contributed by atoms with E-state index in [-0.39, 0.29) is 11.3 Å². The van der Waals surface area contributed by atoms with Crippen LogP contribution in [0.2, 0.25) is 0 Å². The summed E-state index contributed by atoms with van der Waals surface area (Å²) in [6, 6.07) is 3.32. The van der Waals surface area contributed by atoms with Gasteiger partial charge in [-0.1, -0.05) is 0 Å². The zero-order valence-corrected chi connectivity index (χ0v) is 13.2. The second-order valence-corrected chi connectivity index (χ2v) is 7.43. The van der Waals surface area contributed by atoms with Crippen LogP contribution in [-0.2, 0) is 21.1 Å². The molecule has 0 aliphatic carbocycles. The Labute approximate surface area is 119 Å². The molecule has 0 atom stereocenters. The van der Waals surface area contributed by atoms with Crippen LogP contribution in [0.5, 0.6) is 0 Å². The lowest BCUT2D eigenvalue weighted by atomic mass is 10.1. The van der Waals surface area contributed by atoms with Gasteiger partial charge in [-0.25, -0.2) is 8.42 Å². The molecule has 0 spiro atoms. The van der Waals surface area contributed by atoms with Crippen LogP contribution in [0, 0.1) is 0 Å². The van der Waals surface area contributed by atoms with Gasteiger partial charge in [0.2, 0.25) is 0 Å². The van der Waals surface area contributed by atoms with E-state index < -0.39 is 15.8 Å². The molecule has 0 saturated heterocycles. The Morgan fingerprint density at radius 3 is 2.50 bits per heavy atom. The number of carboxylic acids is 1. The fraction of sp³-hybridized carbons (Fsp3) is 0.364. The SMILES string of the molecule is CSc1c(Br)cc(CCC(=O)O)cc1S(C)(=O)=O. The van der Waals surface area contributed by atoms with E-state index in [1.165, 1.54) is 11.8 Å². The van der Waals surface area contributed by atoms with E-state index in [0.29, 0.717) is 21.4 Å². The Bertz CT molecular complexity index is 567. The molecule has 0 aromatic heterocycles. The maximum atomic E-state index is 11.7. The van der Waals surface area contributed by atoms with Crippen molar-refractivity contribution in [3.63, 3.8) is 0 Å². The number of hydrogen-bond acceptors (Lipinski definition) is 4. The molecular formula is C11H13BrO4S2. The van der Waals surface area contributed by atoms with Crippen LogP contribution in [0.4, 0.5) is 0 Å². The van der Waals surface area contributed by atoms with Crippen molar-refractivity contribution in [3.05, 3.63) is 22.2 Å². The maximum absolute atomic E-state index is 11.7. The van der Waals surface area contributed by atoms with Crippen molar-refractivity contribution in [3.8, 4) is 0 Å². The van der Waals surface area contributed by atoms with Crippen molar-refractivity contribution in [2.24, 2.45) is 0 Å². The highest BCUT2D eigenvalue weighted by molar-refractivity contribution is 9.10. The van der Waals surface area contributed by atoms with Gasteiger partial charge < -0.3 is 5.11 Å². The van der Waals surface area contributed by atoms with Gasteiger partial charge in [-0.15, -0.1) is 11.8 Å². The van der Waals surface area contributed by atoms with E-state index in [9.17, 15) is 13.2 Å². The van der Waals surface area contributed by atoms with Crippen LogP contribution in [0.1, 0.15) is 12.0 Å². The predicted molar refractivity (Wildman–Crippen MR) is 75.0 cm³/mol. The molecule has 1 rings (SSSR count). The fourth-order valence-corrected chi connectivity index (χ4v) is 4.65. The minimum atomic E-state index is -3.33. The Kier molecular flexibility index (Phi) is 5.24. The van der Waals surface area contributed by atoms with Gasteiger partial charge in [0.25, 0.3) is 0 Å². The Balaban J connectivity index is 3.27. The van der Waals surface area contributed by atoms with Crippen LogP contribution in [-0.4, -0.2) is 32.0 Å². The predicted octanol–water partition coefficient (Wildman–Crippen LogP) is 2.59. The quantitative estimate of drug-likeness (QED) is 0.824. The number of sulfone groups is 1. The van der Waals surface area contributed by atoms with Crippen molar-refractivity contribution >= 4 is 43.5 Å². The Morgan fingerprint density at radius 2 is 2.06 bits per heavy atom. The largest absolute Gasteiger partial charge is 0.481 e. The minimum Gasteiger partial charge on any atom is -0.481 e. The van der Waals surface area contributed by atoms with E-state index in [4.69, 9.17) is 5.11 Å². The molecule has 0 saturated carbocycles. The molecule has 0 bridgehead atoms. The molecule has 0 radical (unpaired) electrons. The second-order valence-electron chi connectivity index (χ2n) is 3.77. The molecule has 18 heavy (non-hydrogen) atoms. The van der Waals surface area contributed by atoms with Crippen molar-refractivity contribution in [2.45, 2.75) is 22.6 Å². The number of halogens is 1. The van der Waals surface area contributed by atoms with Crippen molar-refractivity contribution in [2.75, 3.05) is 12.5 Å². The van der Waals surface area contributed by atoms with Gasteiger partial charge in [-0.3, -0.25) is 4.79 Å². The van der Waals surface area contributed by atoms with Crippen LogP contribution in [0.3, 0.4) is 0 Å². The molecule has 0 unspecified atom stereocenters. The summed E-state index contributed by atoms with van der Waals surface area (Å²) in [6.45, 7) is 0. The van der Waals surface area contributed by atoms with Crippen molar-refractivity contribution in [1.29, 1.82) is 0 Å². The van der Waals surface area contributed by atoms with Crippen LogP contribution in [0.25, 0.3) is 0 Å². The summed E-state index contributed by atoms with van der Waals surface area (Å²) in [4.78, 5) is 11.4. The standard InChI is InChI=1S/C11H13BrO4S2/c1-17-11-8(12)5-7(3-4-10(13)14)6-9(11)18(2,15)16/h5-6H,3-4H2,1-2H3,(H,13,14). The van der Waals surface area contributed by atoms with Gasteiger partial charge in [-0.05, 0) is 46.3 Å². The average molecular weight is 353 g/mol. The first-order valence-corrected chi connectivity index (χ1v) is 8.95. The molecule has 0 fully saturated rings. The fourth-order valence-electron chi connectivity index (χ4n) is 1.49. The number of aliphatic carboxylic acids is 1. The summed E-state index contributed by atoms with van der Waals surface area (Å²) in [7, 11) is -3.33. The number of thioether (sulfide) groups is 1. The zero-order valence-electron chi connectivity index (χ0n) is 9.94. The summed E-state index contributed by atoms with van der Waals surface area (Å²) in [6.07, 6.45) is 3.24. The monoisotopic (exact) mass is 352 g/mol. The lowest BCUT2D eigenvalue weighted by Crippen LogP contribution is -2.03. The maximum Gasteiger partial charge on any atom is 0.303 e. The third kappa shape index (κ3) is 4.00. The number of rotatable bonds is 5. The first kappa shape index (κ1) is 15.5. The highest BCUT2D eigenvalue weighted by Gasteiger charge is 2.17. The zero-order chi connectivity index (χ0) is 13.9. The first-order chi connectivity index (χ1) is 8.25. The van der Waals surface area contributed by atoms with Crippen molar-refractivity contribution < 1.29 is 18.3 Å². The minimum absolute atomic E-state index is 0.0196. The number of carboxylic acid groups (broad SMARTS) is 1. The number of aryl methyl sites for hydroxylation is 1. The van der Waals surface area contributed by atoms with Crippen molar-refractivity contribution in [1.82, 2.24) is 0 Å². The highest BCUT2D eigenvalue weighted by atomic mass is 79.9. The molecule has 7 heteroatoms. The van der Waals surface area contributed by atoms with E-state index in [2.05, 4.69) is 15.9 Å². The highest BCUT2D eigenvalue weighted by Crippen LogP contribution is 2.34. The van der Waals surface area contributed by atoms with Gasteiger partial charge in [0, 0.05) is 22.0 Å². The van der Waals surface area contributed by atoms with E-state index in [1.54, 1.807) is 18.4 Å². The summed E-state index contributed by atoms with van der Waals surface area (Å²) in [5, 5.41) is 8.64. The van der Waals surface area contributed by atoms with Gasteiger partial charge in [-0.2, -0.15) is 0 Å². The van der Waals surface area contributed by atoms with E-state index >= 15 is 0 Å². The lowest BCUT2D eigenvalue weighted by molar-refractivity contribution is -0.136. The molecule has 1 N–H and O–H groups in total. The third-order valence-electron chi connectivity index (χ3n) is 2.30. The van der Waals surface area contributed by atoms with Crippen LogP contribution < -0.4 is 0 Å². The summed E-state index contributed by atoms with van der Waals surface area (Å²) >= 11 is 4.66. The molecule has 1 aromatic carbocycles. The molecule has 0 aliphatic heterocycles. The topological polar surface area (TPSA) is 71.4 Å². The second kappa shape index (κ2) is 6.08. The lowest BCUT2D eigenvalue weighted by Gasteiger charge is -2.10. The van der Waals surface area contributed by atoms with Gasteiger partial charge in [0.05, 0.1) is 4.90 Å².